The first-order chi connectivity index (χ1) is 7.34. The van der Waals surface area contributed by atoms with Crippen molar-refractivity contribution in [1.82, 2.24) is 25.5 Å². The number of aromatic nitrogens is 4. The number of nitrogens with zero attached hydrogens (tertiary/aromatic N) is 3. The summed E-state index contributed by atoms with van der Waals surface area (Å²) >= 11 is 0. The van der Waals surface area contributed by atoms with Gasteiger partial charge in [-0.15, -0.1) is 0 Å². The van der Waals surface area contributed by atoms with E-state index < -0.39 is 0 Å². The summed E-state index contributed by atoms with van der Waals surface area (Å²) < 4.78 is 0. The van der Waals surface area contributed by atoms with Gasteiger partial charge in [0.05, 0.1) is 12.2 Å². The monoisotopic (exact) mass is 203 g/mol. The Morgan fingerprint density at radius 3 is 2.87 bits per heavy atom. The molecule has 2 rings (SSSR count). The van der Waals surface area contributed by atoms with Crippen LogP contribution in [0.2, 0.25) is 0 Å². The Kier molecular flexibility index (Phi) is 3.04. The first kappa shape index (κ1) is 9.79. The lowest BCUT2D eigenvalue weighted by Crippen LogP contribution is -2.14. The van der Waals surface area contributed by atoms with E-state index >= 15 is 0 Å². The third-order valence-corrected chi connectivity index (χ3v) is 2.04. The van der Waals surface area contributed by atoms with E-state index in [0.717, 1.165) is 18.1 Å². The minimum atomic E-state index is 0.676. The molecule has 0 unspecified atom stereocenters. The first-order valence-electron chi connectivity index (χ1n) is 4.81. The van der Waals surface area contributed by atoms with Crippen molar-refractivity contribution in [2.45, 2.75) is 20.0 Å². The number of rotatable bonds is 4. The molecule has 0 saturated carbocycles. The highest BCUT2D eigenvalue weighted by atomic mass is 15.2. The molecule has 5 nitrogen and oxygen atoms in total. The maximum Gasteiger partial charge on any atom is 0.138 e. The van der Waals surface area contributed by atoms with Gasteiger partial charge in [-0.2, -0.15) is 5.10 Å². The number of hydrogen-bond donors (Lipinski definition) is 2. The Hall–Kier alpha value is -1.75. The molecule has 0 amide bonds. The van der Waals surface area contributed by atoms with Crippen LogP contribution in [0, 0.1) is 6.92 Å². The van der Waals surface area contributed by atoms with Crippen LogP contribution in [0.25, 0.3) is 0 Å². The predicted molar refractivity (Wildman–Crippen MR) is 55.9 cm³/mol. The minimum Gasteiger partial charge on any atom is -0.304 e. The van der Waals surface area contributed by atoms with E-state index in [-0.39, 0.29) is 0 Å². The van der Waals surface area contributed by atoms with Crippen LogP contribution in [0.3, 0.4) is 0 Å². The molecule has 78 valence electrons. The number of nitrogens with one attached hydrogen (secondary N) is 2. The largest absolute Gasteiger partial charge is 0.304 e. The lowest BCUT2D eigenvalue weighted by atomic mass is 10.3. The van der Waals surface area contributed by atoms with Gasteiger partial charge in [0.1, 0.15) is 12.2 Å². The molecule has 0 atom stereocenters. The maximum atomic E-state index is 4.29. The normalized spacial score (nSPS) is 10.5. The molecule has 2 N–H and O–H groups in total. The fourth-order valence-electron chi connectivity index (χ4n) is 1.23. The molecule has 2 aromatic heterocycles. The average Bonchev–Trinajstić information content (AvgIpc) is 2.74. The second-order valence-corrected chi connectivity index (χ2v) is 3.36. The summed E-state index contributed by atoms with van der Waals surface area (Å²) in [4.78, 5) is 8.30. The third-order valence-electron chi connectivity index (χ3n) is 2.04. The minimum absolute atomic E-state index is 0.676. The standard InChI is InChI=1S/C10H13N5/c1-8-2-3-9(12-4-8)5-11-6-10-13-7-14-15-10/h2-4,7,11H,5-6H2,1H3,(H,13,14,15). The topological polar surface area (TPSA) is 66.5 Å². The van der Waals surface area contributed by atoms with Crippen LogP contribution in [0.1, 0.15) is 17.1 Å². The third kappa shape index (κ3) is 2.85. The Bertz CT molecular complexity index is 392. The molecule has 0 saturated heterocycles. The highest BCUT2D eigenvalue weighted by Crippen LogP contribution is 1.98. The number of hydrogen-bond acceptors (Lipinski definition) is 4. The molecule has 5 heteroatoms. The van der Waals surface area contributed by atoms with Crippen LogP contribution < -0.4 is 5.32 Å². The number of aryl methyl sites for hydroxylation is 1. The van der Waals surface area contributed by atoms with Gasteiger partial charge >= 0.3 is 0 Å². The van der Waals surface area contributed by atoms with Crippen LogP contribution in [-0.4, -0.2) is 20.2 Å². The highest BCUT2D eigenvalue weighted by molar-refractivity contribution is 5.11. The summed E-state index contributed by atoms with van der Waals surface area (Å²) in [5.41, 5.74) is 2.20. The van der Waals surface area contributed by atoms with Gasteiger partial charge in [-0.25, -0.2) is 4.98 Å². The molecule has 2 aromatic rings. The Labute approximate surface area is 88.0 Å². The molecule has 0 aliphatic carbocycles. The van der Waals surface area contributed by atoms with Crippen molar-refractivity contribution < 1.29 is 0 Å². The summed E-state index contributed by atoms with van der Waals surface area (Å²) in [5, 5.41) is 9.78. The number of H-pyrrole nitrogens is 1. The zero-order valence-electron chi connectivity index (χ0n) is 8.57. The van der Waals surface area contributed by atoms with Gasteiger partial charge in [0.25, 0.3) is 0 Å². The number of aromatic amines is 1. The molecule has 0 aliphatic rings. The average molecular weight is 203 g/mol. The van der Waals surface area contributed by atoms with Crippen molar-refractivity contribution in [1.29, 1.82) is 0 Å². The summed E-state index contributed by atoms with van der Waals surface area (Å²) in [6.07, 6.45) is 3.37. The van der Waals surface area contributed by atoms with Crippen LogP contribution in [0.15, 0.2) is 24.7 Å². The van der Waals surface area contributed by atoms with Crippen LogP contribution in [0.4, 0.5) is 0 Å². The van der Waals surface area contributed by atoms with Crippen LogP contribution >= 0.6 is 0 Å². The van der Waals surface area contributed by atoms with Crippen molar-refractivity contribution >= 4 is 0 Å². The SMILES string of the molecule is Cc1ccc(CNCc2ncn[nH]2)nc1. The van der Waals surface area contributed by atoms with E-state index in [1.54, 1.807) is 0 Å². The van der Waals surface area contributed by atoms with Gasteiger partial charge in [-0.05, 0) is 18.6 Å². The molecule has 0 aliphatic heterocycles. The van der Waals surface area contributed by atoms with Gasteiger partial charge in [0, 0.05) is 12.7 Å². The second kappa shape index (κ2) is 4.65. The fourth-order valence-corrected chi connectivity index (χ4v) is 1.23. The van der Waals surface area contributed by atoms with Crippen molar-refractivity contribution in [3.63, 3.8) is 0 Å². The highest BCUT2D eigenvalue weighted by Gasteiger charge is 1.96. The van der Waals surface area contributed by atoms with Crippen molar-refractivity contribution in [2.24, 2.45) is 0 Å². The first-order valence-corrected chi connectivity index (χ1v) is 4.81. The van der Waals surface area contributed by atoms with E-state index in [9.17, 15) is 0 Å². The van der Waals surface area contributed by atoms with Gasteiger partial charge in [-0.1, -0.05) is 6.07 Å². The van der Waals surface area contributed by atoms with Crippen LogP contribution in [-0.2, 0) is 13.1 Å². The van der Waals surface area contributed by atoms with E-state index in [4.69, 9.17) is 0 Å². The quantitative estimate of drug-likeness (QED) is 0.771. The molecule has 0 spiro atoms. The summed E-state index contributed by atoms with van der Waals surface area (Å²) in [6, 6.07) is 4.07. The lowest BCUT2D eigenvalue weighted by molar-refractivity contribution is 0.653. The number of pyridine rings is 1. The summed E-state index contributed by atoms with van der Waals surface area (Å²) in [6.45, 7) is 3.44. The van der Waals surface area contributed by atoms with E-state index in [0.29, 0.717) is 6.54 Å². The van der Waals surface area contributed by atoms with Crippen molar-refractivity contribution in [3.8, 4) is 0 Å². The maximum absolute atomic E-state index is 4.29. The molecule has 0 aromatic carbocycles. The summed E-state index contributed by atoms with van der Waals surface area (Å²) in [5.74, 6) is 0.835. The molecule has 0 fully saturated rings. The van der Waals surface area contributed by atoms with E-state index in [1.807, 2.05) is 19.2 Å². The second-order valence-electron chi connectivity index (χ2n) is 3.36. The van der Waals surface area contributed by atoms with Gasteiger partial charge in [-0.3, -0.25) is 10.1 Å². The molecule has 0 radical (unpaired) electrons. The van der Waals surface area contributed by atoms with Crippen molar-refractivity contribution in [2.75, 3.05) is 0 Å². The Balaban J connectivity index is 1.81. The van der Waals surface area contributed by atoms with Gasteiger partial charge in [0.15, 0.2) is 0 Å². The molecular formula is C10H13N5. The van der Waals surface area contributed by atoms with Gasteiger partial charge < -0.3 is 5.32 Å². The lowest BCUT2D eigenvalue weighted by Gasteiger charge is -2.02. The zero-order chi connectivity index (χ0) is 10.5. The van der Waals surface area contributed by atoms with E-state index in [1.165, 1.54) is 11.9 Å². The molecule has 2 heterocycles. The fraction of sp³-hybridized carbons (Fsp3) is 0.300. The molecule has 0 bridgehead atoms. The van der Waals surface area contributed by atoms with Gasteiger partial charge in [0.2, 0.25) is 0 Å². The van der Waals surface area contributed by atoms with Crippen LogP contribution in [0.5, 0.6) is 0 Å². The Morgan fingerprint density at radius 2 is 2.20 bits per heavy atom. The predicted octanol–water partition coefficient (Wildman–Crippen LogP) is 0.798. The molecular weight excluding hydrogens is 190 g/mol. The smallest absolute Gasteiger partial charge is 0.138 e. The zero-order valence-corrected chi connectivity index (χ0v) is 8.57. The van der Waals surface area contributed by atoms with E-state index in [2.05, 4.69) is 31.5 Å². The summed E-state index contributed by atoms with van der Waals surface area (Å²) in [7, 11) is 0. The Morgan fingerprint density at radius 1 is 1.27 bits per heavy atom. The molecule has 15 heavy (non-hydrogen) atoms. The van der Waals surface area contributed by atoms with Crippen molar-refractivity contribution in [3.05, 3.63) is 41.7 Å².